The Hall–Kier alpha value is -2.23. The highest BCUT2D eigenvalue weighted by Gasteiger charge is 2.02. The van der Waals surface area contributed by atoms with Gasteiger partial charge in [-0.25, -0.2) is 4.98 Å². The first kappa shape index (κ1) is 14.2. The molecule has 1 aromatic heterocycles. The molecule has 0 aliphatic rings. The second kappa shape index (κ2) is 6.80. The van der Waals surface area contributed by atoms with E-state index in [1.807, 2.05) is 19.2 Å². The minimum atomic E-state index is 0.856. The molecule has 0 aliphatic heterocycles. The van der Waals surface area contributed by atoms with Crippen LogP contribution in [0.1, 0.15) is 13.8 Å². The number of hydrogen-bond donors (Lipinski definition) is 2. The van der Waals surface area contributed by atoms with Crippen LogP contribution in [-0.2, 0) is 0 Å². The molecule has 0 spiro atoms. The summed E-state index contributed by atoms with van der Waals surface area (Å²) in [5.74, 6) is 0.856. The van der Waals surface area contributed by atoms with E-state index in [9.17, 15) is 0 Å². The molecule has 1 heterocycles. The van der Waals surface area contributed by atoms with Gasteiger partial charge in [0.25, 0.3) is 0 Å². The molecule has 2 N–H and O–H groups in total. The highest BCUT2D eigenvalue weighted by Crippen LogP contribution is 2.21. The van der Waals surface area contributed by atoms with Crippen LogP contribution < -0.4 is 15.5 Å². The van der Waals surface area contributed by atoms with Gasteiger partial charge in [0, 0.05) is 49.5 Å². The molecule has 106 valence electrons. The van der Waals surface area contributed by atoms with E-state index in [2.05, 4.69) is 58.6 Å². The van der Waals surface area contributed by atoms with Crippen molar-refractivity contribution in [3.8, 4) is 0 Å². The molecule has 0 radical (unpaired) electrons. The van der Waals surface area contributed by atoms with Crippen molar-refractivity contribution in [2.75, 3.05) is 35.7 Å². The average Bonchev–Trinajstić information content (AvgIpc) is 2.50. The molecular formula is C16H22N4. The number of nitrogens with one attached hydrogen (secondary N) is 2. The summed E-state index contributed by atoms with van der Waals surface area (Å²) in [5, 5.41) is 6.42. The van der Waals surface area contributed by atoms with E-state index in [1.54, 1.807) is 6.20 Å². The van der Waals surface area contributed by atoms with Gasteiger partial charge < -0.3 is 15.5 Å². The lowest BCUT2D eigenvalue weighted by atomic mass is 10.2. The zero-order valence-electron chi connectivity index (χ0n) is 12.4. The summed E-state index contributed by atoms with van der Waals surface area (Å²) in [6, 6.07) is 12.4. The Balaban J connectivity index is 2.10. The second-order valence-electron chi connectivity index (χ2n) is 4.52. The number of pyridine rings is 1. The number of nitrogens with zero attached hydrogens (tertiary/aromatic N) is 2. The Labute approximate surface area is 120 Å². The third kappa shape index (κ3) is 3.41. The molecule has 4 heteroatoms. The molecule has 20 heavy (non-hydrogen) atoms. The highest BCUT2D eigenvalue weighted by atomic mass is 15.1. The minimum absolute atomic E-state index is 0.856. The van der Waals surface area contributed by atoms with E-state index in [-0.39, 0.29) is 0 Å². The maximum atomic E-state index is 4.20. The molecule has 0 bridgehead atoms. The number of hydrogen-bond acceptors (Lipinski definition) is 4. The summed E-state index contributed by atoms with van der Waals surface area (Å²) in [6.45, 7) is 6.40. The third-order valence-electron chi connectivity index (χ3n) is 3.30. The van der Waals surface area contributed by atoms with Crippen LogP contribution in [0.25, 0.3) is 0 Å². The van der Waals surface area contributed by atoms with Crippen LogP contribution in [0.5, 0.6) is 0 Å². The SMILES string of the molecule is CCN(CC)c1ccc(Nc2ccnc(NC)c2)cc1. The first-order chi connectivity index (χ1) is 9.76. The van der Waals surface area contributed by atoms with Crippen molar-refractivity contribution < 1.29 is 0 Å². The van der Waals surface area contributed by atoms with Crippen molar-refractivity contribution in [1.29, 1.82) is 0 Å². The number of anilines is 4. The highest BCUT2D eigenvalue weighted by molar-refractivity contribution is 5.64. The molecule has 2 rings (SSSR count). The fourth-order valence-corrected chi connectivity index (χ4v) is 2.16. The number of rotatable bonds is 6. The Morgan fingerprint density at radius 2 is 1.70 bits per heavy atom. The molecule has 0 saturated carbocycles. The van der Waals surface area contributed by atoms with Crippen molar-refractivity contribution in [2.45, 2.75) is 13.8 Å². The molecule has 0 amide bonds. The van der Waals surface area contributed by atoms with Crippen molar-refractivity contribution >= 4 is 22.9 Å². The normalized spacial score (nSPS) is 10.2. The van der Waals surface area contributed by atoms with Crippen molar-refractivity contribution in [3.63, 3.8) is 0 Å². The number of aromatic nitrogens is 1. The van der Waals surface area contributed by atoms with Gasteiger partial charge in [-0.05, 0) is 44.2 Å². The summed E-state index contributed by atoms with van der Waals surface area (Å²) in [5.41, 5.74) is 3.36. The summed E-state index contributed by atoms with van der Waals surface area (Å²) in [7, 11) is 1.87. The largest absolute Gasteiger partial charge is 0.373 e. The monoisotopic (exact) mass is 270 g/mol. The predicted molar refractivity (Wildman–Crippen MR) is 87.1 cm³/mol. The summed E-state index contributed by atoms with van der Waals surface area (Å²) >= 11 is 0. The summed E-state index contributed by atoms with van der Waals surface area (Å²) < 4.78 is 0. The van der Waals surface area contributed by atoms with Crippen LogP contribution in [0.4, 0.5) is 22.9 Å². The molecule has 1 aromatic carbocycles. The van der Waals surface area contributed by atoms with Crippen LogP contribution in [0.3, 0.4) is 0 Å². The van der Waals surface area contributed by atoms with Crippen molar-refractivity contribution in [2.24, 2.45) is 0 Å². The lowest BCUT2D eigenvalue weighted by Gasteiger charge is -2.21. The smallest absolute Gasteiger partial charge is 0.127 e. The van der Waals surface area contributed by atoms with Crippen molar-refractivity contribution in [3.05, 3.63) is 42.6 Å². The van der Waals surface area contributed by atoms with Gasteiger partial charge in [0.05, 0.1) is 0 Å². The maximum absolute atomic E-state index is 4.20. The molecule has 0 unspecified atom stereocenters. The van der Waals surface area contributed by atoms with E-state index in [4.69, 9.17) is 0 Å². The van der Waals surface area contributed by atoms with E-state index >= 15 is 0 Å². The zero-order valence-corrected chi connectivity index (χ0v) is 12.4. The molecule has 0 atom stereocenters. The van der Waals surface area contributed by atoms with E-state index in [0.29, 0.717) is 0 Å². The first-order valence-electron chi connectivity index (χ1n) is 7.02. The van der Waals surface area contributed by atoms with E-state index in [0.717, 1.165) is 30.3 Å². The molecule has 2 aromatic rings. The quantitative estimate of drug-likeness (QED) is 0.839. The van der Waals surface area contributed by atoms with Gasteiger partial charge in [-0.2, -0.15) is 0 Å². The van der Waals surface area contributed by atoms with Crippen LogP contribution in [0.2, 0.25) is 0 Å². The maximum Gasteiger partial charge on any atom is 0.127 e. The van der Waals surface area contributed by atoms with Gasteiger partial charge >= 0.3 is 0 Å². The topological polar surface area (TPSA) is 40.2 Å². The van der Waals surface area contributed by atoms with Crippen LogP contribution >= 0.6 is 0 Å². The Kier molecular flexibility index (Phi) is 4.82. The van der Waals surface area contributed by atoms with Gasteiger partial charge in [-0.3, -0.25) is 0 Å². The fourth-order valence-electron chi connectivity index (χ4n) is 2.16. The predicted octanol–water partition coefficient (Wildman–Crippen LogP) is 3.71. The van der Waals surface area contributed by atoms with Crippen molar-refractivity contribution in [1.82, 2.24) is 4.98 Å². The molecule has 0 aliphatic carbocycles. The zero-order chi connectivity index (χ0) is 14.4. The Bertz CT molecular complexity index is 532. The average molecular weight is 270 g/mol. The summed E-state index contributed by atoms with van der Waals surface area (Å²) in [4.78, 5) is 6.53. The van der Waals surface area contributed by atoms with E-state index in [1.165, 1.54) is 5.69 Å². The summed E-state index contributed by atoms with van der Waals surface area (Å²) in [6.07, 6.45) is 1.79. The molecular weight excluding hydrogens is 248 g/mol. The Morgan fingerprint density at radius 1 is 1.00 bits per heavy atom. The minimum Gasteiger partial charge on any atom is -0.373 e. The van der Waals surface area contributed by atoms with Gasteiger partial charge in [0.1, 0.15) is 5.82 Å². The third-order valence-corrected chi connectivity index (χ3v) is 3.30. The van der Waals surface area contributed by atoms with E-state index < -0.39 is 0 Å². The molecule has 0 fully saturated rings. The number of benzene rings is 1. The second-order valence-corrected chi connectivity index (χ2v) is 4.52. The van der Waals surface area contributed by atoms with Crippen LogP contribution in [0, 0.1) is 0 Å². The lowest BCUT2D eigenvalue weighted by Crippen LogP contribution is -2.21. The lowest BCUT2D eigenvalue weighted by molar-refractivity contribution is 0.866. The standard InChI is InChI=1S/C16H22N4/c1-4-20(5-2)15-8-6-13(7-9-15)19-14-10-11-18-16(12-14)17-3/h6-12H,4-5H2,1-3H3,(H2,17,18,19). The first-order valence-corrected chi connectivity index (χ1v) is 7.02. The fraction of sp³-hybridized carbons (Fsp3) is 0.312. The Morgan fingerprint density at radius 3 is 2.30 bits per heavy atom. The van der Waals surface area contributed by atoms with Crippen LogP contribution in [-0.4, -0.2) is 25.1 Å². The van der Waals surface area contributed by atoms with Gasteiger partial charge in [-0.1, -0.05) is 0 Å². The molecule has 4 nitrogen and oxygen atoms in total. The van der Waals surface area contributed by atoms with Crippen LogP contribution in [0.15, 0.2) is 42.6 Å². The molecule has 0 saturated heterocycles. The van der Waals surface area contributed by atoms with Gasteiger partial charge in [0.2, 0.25) is 0 Å². The van der Waals surface area contributed by atoms with Gasteiger partial charge in [0.15, 0.2) is 0 Å². The van der Waals surface area contributed by atoms with Gasteiger partial charge in [-0.15, -0.1) is 0 Å².